The molecule has 3 nitrogen and oxygen atoms in total. The fraction of sp³-hybridized carbons (Fsp3) is 0.409. The van der Waals surface area contributed by atoms with Crippen molar-refractivity contribution in [3.05, 3.63) is 64.7 Å². The lowest BCUT2D eigenvalue weighted by Gasteiger charge is -2.22. The number of carbonyl (C=O) groups is 1. The summed E-state index contributed by atoms with van der Waals surface area (Å²) < 4.78 is 6.00. The number of benzene rings is 2. The van der Waals surface area contributed by atoms with Crippen molar-refractivity contribution in [3.63, 3.8) is 0 Å². The van der Waals surface area contributed by atoms with E-state index in [2.05, 4.69) is 44.3 Å². The van der Waals surface area contributed by atoms with Crippen LogP contribution in [0.4, 0.5) is 0 Å². The summed E-state index contributed by atoms with van der Waals surface area (Å²) in [6, 6.07) is 14.2. The monoisotopic (exact) mass is 339 g/mol. The zero-order valence-corrected chi connectivity index (χ0v) is 16.1. The Labute approximate surface area is 151 Å². The molecule has 0 aromatic heterocycles. The first-order valence-corrected chi connectivity index (χ1v) is 8.92. The Balaban J connectivity index is 2.08. The topological polar surface area (TPSA) is 38.3 Å². The Bertz CT molecular complexity index is 737. The maximum Gasteiger partial charge on any atom is 0.261 e. The molecule has 0 aliphatic rings. The fourth-order valence-electron chi connectivity index (χ4n) is 2.95. The number of nitrogens with one attached hydrogen (secondary N) is 1. The molecule has 0 radical (unpaired) electrons. The van der Waals surface area contributed by atoms with Crippen LogP contribution in [0.15, 0.2) is 42.5 Å². The van der Waals surface area contributed by atoms with Crippen LogP contribution in [0.2, 0.25) is 0 Å². The summed E-state index contributed by atoms with van der Waals surface area (Å²) in [5, 5.41) is 3.06. The molecule has 25 heavy (non-hydrogen) atoms. The molecule has 0 heterocycles. The lowest BCUT2D eigenvalue weighted by Crippen LogP contribution is -2.38. The van der Waals surface area contributed by atoms with Crippen LogP contribution in [-0.4, -0.2) is 12.0 Å². The van der Waals surface area contributed by atoms with Crippen molar-refractivity contribution in [3.8, 4) is 5.75 Å². The highest BCUT2D eigenvalue weighted by Gasteiger charge is 2.20. The molecule has 1 amide bonds. The third-order valence-corrected chi connectivity index (χ3v) is 4.48. The van der Waals surface area contributed by atoms with Crippen LogP contribution in [0, 0.1) is 13.8 Å². The van der Waals surface area contributed by atoms with Crippen molar-refractivity contribution in [1.29, 1.82) is 0 Å². The summed E-state index contributed by atoms with van der Waals surface area (Å²) in [6.45, 7) is 12.1. The molecule has 2 atom stereocenters. The second-order valence-electron chi connectivity index (χ2n) is 7.04. The Hall–Kier alpha value is -2.29. The molecule has 0 saturated carbocycles. The van der Waals surface area contributed by atoms with Gasteiger partial charge in [0.25, 0.3) is 5.91 Å². The number of carbonyl (C=O) groups excluding carboxylic acids is 1. The summed E-state index contributed by atoms with van der Waals surface area (Å²) in [6.07, 6.45) is -0.550. The average molecular weight is 339 g/mol. The van der Waals surface area contributed by atoms with Gasteiger partial charge < -0.3 is 10.1 Å². The van der Waals surface area contributed by atoms with E-state index < -0.39 is 6.10 Å². The molecule has 1 N–H and O–H groups in total. The Kier molecular flexibility index (Phi) is 6.24. The zero-order valence-electron chi connectivity index (χ0n) is 16.1. The third kappa shape index (κ3) is 4.85. The van der Waals surface area contributed by atoms with Crippen molar-refractivity contribution in [2.24, 2.45) is 0 Å². The summed E-state index contributed by atoms with van der Waals surface area (Å²) in [7, 11) is 0. The minimum absolute atomic E-state index is 0.0539. The molecule has 0 spiro atoms. The van der Waals surface area contributed by atoms with Gasteiger partial charge in [0.15, 0.2) is 6.10 Å². The molecule has 0 aliphatic heterocycles. The van der Waals surface area contributed by atoms with Crippen LogP contribution in [0.1, 0.15) is 61.9 Å². The third-order valence-electron chi connectivity index (χ3n) is 4.48. The summed E-state index contributed by atoms with van der Waals surface area (Å²) in [5.74, 6) is 1.03. The summed E-state index contributed by atoms with van der Waals surface area (Å²) in [4.78, 5) is 12.6. The molecule has 134 valence electrons. The maximum atomic E-state index is 12.6. The van der Waals surface area contributed by atoms with Crippen LogP contribution in [0.25, 0.3) is 0 Å². The van der Waals surface area contributed by atoms with Gasteiger partial charge in [-0.15, -0.1) is 0 Å². The first-order chi connectivity index (χ1) is 11.8. The van der Waals surface area contributed by atoms with Gasteiger partial charge in [-0.1, -0.05) is 50.2 Å². The van der Waals surface area contributed by atoms with Gasteiger partial charge in [-0.25, -0.2) is 0 Å². The van der Waals surface area contributed by atoms with E-state index in [4.69, 9.17) is 4.74 Å². The molecule has 2 rings (SSSR count). The molecule has 0 fully saturated rings. The zero-order chi connectivity index (χ0) is 18.6. The van der Waals surface area contributed by atoms with Crippen molar-refractivity contribution >= 4 is 5.91 Å². The van der Waals surface area contributed by atoms with Gasteiger partial charge >= 0.3 is 0 Å². The van der Waals surface area contributed by atoms with Crippen LogP contribution < -0.4 is 10.1 Å². The highest BCUT2D eigenvalue weighted by Crippen LogP contribution is 2.28. The van der Waals surface area contributed by atoms with Crippen LogP contribution in [0.3, 0.4) is 0 Å². The smallest absolute Gasteiger partial charge is 0.261 e. The molecular weight excluding hydrogens is 310 g/mol. The van der Waals surface area contributed by atoms with E-state index in [0.717, 1.165) is 22.4 Å². The molecule has 0 bridgehead atoms. The lowest BCUT2D eigenvalue weighted by atomic mass is 10.0. The molecule has 0 saturated heterocycles. The van der Waals surface area contributed by atoms with E-state index in [1.165, 1.54) is 5.56 Å². The molecule has 2 aromatic rings. The van der Waals surface area contributed by atoms with E-state index in [-0.39, 0.29) is 11.9 Å². The van der Waals surface area contributed by atoms with Crippen molar-refractivity contribution < 1.29 is 9.53 Å². The van der Waals surface area contributed by atoms with Crippen LogP contribution in [-0.2, 0) is 4.79 Å². The maximum absolute atomic E-state index is 12.6. The minimum atomic E-state index is -0.550. The number of aryl methyl sites for hydroxylation is 2. The number of hydrogen-bond donors (Lipinski definition) is 1. The van der Waals surface area contributed by atoms with Gasteiger partial charge in [-0.2, -0.15) is 0 Å². The Morgan fingerprint density at radius 1 is 0.960 bits per heavy atom. The van der Waals surface area contributed by atoms with Crippen molar-refractivity contribution in [2.45, 2.75) is 59.6 Å². The van der Waals surface area contributed by atoms with Crippen LogP contribution in [0.5, 0.6) is 5.75 Å². The predicted octanol–water partition coefficient (Wildman–Crippen LogP) is 5.07. The van der Waals surface area contributed by atoms with Gasteiger partial charge in [0.2, 0.25) is 0 Å². The fourth-order valence-corrected chi connectivity index (χ4v) is 2.95. The quantitative estimate of drug-likeness (QED) is 0.798. The SMILES string of the molecule is Cc1ccc(C(C)C)c(OC(C)C(=O)NC(C)c2ccccc2C)c1. The molecular formula is C22H29NO2. The first kappa shape index (κ1) is 19.0. The molecule has 3 heteroatoms. The van der Waals surface area contributed by atoms with Gasteiger partial charge in [-0.05, 0) is 61.9 Å². The minimum Gasteiger partial charge on any atom is -0.481 e. The number of amides is 1. The summed E-state index contributed by atoms with van der Waals surface area (Å²) >= 11 is 0. The van der Waals surface area contributed by atoms with E-state index in [1.807, 2.05) is 38.1 Å². The van der Waals surface area contributed by atoms with Gasteiger partial charge in [0.05, 0.1) is 6.04 Å². The normalized spacial score (nSPS) is 13.4. The van der Waals surface area contributed by atoms with E-state index in [9.17, 15) is 4.79 Å². The number of rotatable bonds is 6. The predicted molar refractivity (Wildman–Crippen MR) is 103 cm³/mol. The molecule has 2 aromatic carbocycles. The highest BCUT2D eigenvalue weighted by atomic mass is 16.5. The average Bonchev–Trinajstić information content (AvgIpc) is 2.54. The second-order valence-corrected chi connectivity index (χ2v) is 7.04. The van der Waals surface area contributed by atoms with E-state index in [1.54, 1.807) is 6.92 Å². The molecule has 0 aliphatic carbocycles. The van der Waals surface area contributed by atoms with Gasteiger partial charge in [0.1, 0.15) is 5.75 Å². The highest BCUT2D eigenvalue weighted by molar-refractivity contribution is 5.81. The Morgan fingerprint density at radius 2 is 1.64 bits per heavy atom. The van der Waals surface area contributed by atoms with Crippen LogP contribution >= 0.6 is 0 Å². The van der Waals surface area contributed by atoms with E-state index >= 15 is 0 Å². The molecule has 2 unspecified atom stereocenters. The first-order valence-electron chi connectivity index (χ1n) is 8.92. The van der Waals surface area contributed by atoms with Crippen molar-refractivity contribution in [1.82, 2.24) is 5.32 Å². The second kappa shape index (κ2) is 8.19. The van der Waals surface area contributed by atoms with Gasteiger partial charge in [-0.3, -0.25) is 4.79 Å². The van der Waals surface area contributed by atoms with E-state index in [0.29, 0.717) is 5.92 Å². The Morgan fingerprint density at radius 3 is 2.28 bits per heavy atom. The largest absolute Gasteiger partial charge is 0.481 e. The summed E-state index contributed by atoms with van der Waals surface area (Å²) in [5.41, 5.74) is 4.55. The lowest BCUT2D eigenvalue weighted by molar-refractivity contribution is -0.127. The number of ether oxygens (including phenoxy) is 1. The van der Waals surface area contributed by atoms with Crippen molar-refractivity contribution in [2.75, 3.05) is 0 Å². The standard InChI is InChI=1S/C22H29NO2/c1-14(2)19-12-11-15(3)13-21(19)25-18(6)22(24)23-17(5)20-10-8-7-9-16(20)4/h7-14,17-18H,1-6H3,(H,23,24). The van der Waals surface area contributed by atoms with Gasteiger partial charge in [0, 0.05) is 0 Å². The number of hydrogen-bond acceptors (Lipinski definition) is 2.